The number of para-hydroxylation sites is 1. The molecule has 0 radical (unpaired) electrons. The van der Waals surface area contributed by atoms with Gasteiger partial charge in [-0.1, -0.05) is 12.1 Å². The van der Waals surface area contributed by atoms with Gasteiger partial charge in [0.2, 0.25) is 0 Å². The Kier molecular flexibility index (Phi) is 6.99. The molecule has 1 aromatic carbocycles. The van der Waals surface area contributed by atoms with E-state index in [0.29, 0.717) is 29.2 Å². The molecule has 1 aromatic heterocycles. The molecule has 0 amide bonds. The van der Waals surface area contributed by atoms with E-state index < -0.39 is 5.97 Å². The van der Waals surface area contributed by atoms with Crippen molar-refractivity contribution in [1.82, 2.24) is 24.9 Å². The van der Waals surface area contributed by atoms with Gasteiger partial charge in [0.1, 0.15) is 5.75 Å². The summed E-state index contributed by atoms with van der Waals surface area (Å²) in [7, 11) is 0. The summed E-state index contributed by atoms with van der Waals surface area (Å²) in [5.41, 5.74) is 2.90. The Labute approximate surface area is 254 Å². The second kappa shape index (κ2) is 10.9. The van der Waals surface area contributed by atoms with Gasteiger partial charge >= 0.3 is 5.97 Å². The van der Waals surface area contributed by atoms with Crippen LogP contribution in [0, 0.1) is 11.3 Å². The zero-order chi connectivity index (χ0) is 29.1. The standard InChI is InChI=1S/C33H45N7O3/c41-30-4-2-1-3-27(30)28-15-29-31(36-35-28)34-20-26-21-39(13-14-40(26)29)24-7-9-37(10-8-24)23-5-11-38(12-6-23)25-18-33(19-25)16-22(17-33)32(42)43/h1-4,15,22-26,41H,5-14,16-21H2,(H,34,36)(H,42,43)/t22?,25?,26-,33?/m0/s1. The zero-order valence-corrected chi connectivity index (χ0v) is 25.1. The summed E-state index contributed by atoms with van der Waals surface area (Å²) in [5, 5.41) is 32.0. The Bertz CT molecular complexity index is 1340. The third kappa shape index (κ3) is 5.05. The van der Waals surface area contributed by atoms with Crippen molar-refractivity contribution in [2.24, 2.45) is 11.3 Å². The van der Waals surface area contributed by atoms with E-state index in [1.54, 1.807) is 6.07 Å². The van der Waals surface area contributed by atoms with Crippen LogP contribution in [0.5, 0.6) is 5.75 Å². The van der Waals surface area contributed by atoms with Crippen LogP contribution >= 0.6 is 0 Å². The molecule has 8 rings (SSSR count). The Morgan fingerprint density at radius 2 is 1.49 bits per heavy atom. The topological polar surface area (TPSA) is 108 Å². The number of aromatic nitrogens is 2. The number of benzene rings is 1. The number of carboxylic acids is 1. The fourth-order valence-corrected chi connectivity index (χ4v) is 9.39. The van der Waals surface area contributed by atoms with Gasteiger partial charge in [0.05, 0.1) is 23.3 Å². The summed E-state index contributed by atoms with van der Waals surface area (Å²) in [6.07, 6.45) is 9.37. The quantitative estimate of drug-likeness (QED) is 0.482. The van der Waals surface area contributed by atoms with Crippen molar-refractivity contribution in [2.75, 3.05) is 62.6 Å². The van der Waals surface area contributed by atoms with Gasteiger partial charge in [0.25, 0.3) is 0 Å². The molecule has 1 spiro atoms. The van der Waals surface area contributed by atoms with E-state index in [2.05, 4.69) is 41.2 Å². The van der Waals surface area contributed by atoms with Gasteiger partial charge < -0.3 is 30.2 Å². The summed E-state index contributed by atoms with van der Waals surface area (Å²) in [6.45, 7) is 8.86. The summed E-state index contributed by atoms with van der Waals surface area (Å²) >= 11 is 0. The molecule has 5 fully saturated rings. The minimum atomic E-state index is -0.590. The molecule has 0 unspecified atom stereocenters. The van der Waals surface area contributed by atoms with E-state index in [1.165, 1.54) is 64.7 Å². The first kappa shape index (κ1) is 27.6. The molecule has 2 aliphatic carbocycles. The number of aliphatic carboxylic acids is 1. The van der Waals surface area contributed by atoms with Crippen LogP contribution in [0.25, 0.3) is 11.3 Å². The number of anilines is 2. The van der Waals surface area contributed by atoms with E-state index in [0.717, 1.165) is 62.1 Å². The van der Waals surface area contributed by atoms with Crippen LogP contribution in [-0.2, 0) is 4.79 Å². The number of nitrogens with zero attached hydrogens (tertiary/aromatic N) is 6. The third-order valence-electron chi connectivity index (χ3n) is 11.9. The van der Waals surface area contributed by atoms with Crippen LogP contribution in [0.3, 0.4) is 0 Å². The molecule has 2 aromatic rings. The highest BCUT2D eigenvalue weighted by molar-refractivity contribution is 5.76. The lowest BCUT2D eigenvalue weighted by Gasteiger charge is -2.60. The molecule has 5 heterocycles. The van der Waals surface area contributed by atoms with Crippen LogP contribution in [0.15, 0.2) is 30.3 Å². The fourth-order valence-electron chi connectivity index (χ4n) is 9.39. The van der Waals surface area contributed by atoms with Crippen molar-refractivity contribution in [1.29, 1.82) is 0 Å². The van der Waals surface area contributed by atoms with Crippen molar-refractivity contribution < 1.29 is 15.0 Å². The number of piperidine rings is 2. The number of fused-ring (bicyclic) bond motifs is 3. The maximum absolute atomic E-state index is 11.2. The number of hydrogen-bond donors (Lipinski definition) is 3. The monoisotopic (exact) mass is 587 g/mol. The fraction of sp³-hybridized carbons (Fsp3) is 0.667. The number of phenolic OH excluding ortho intramolecular Hbond substituents is 1. The van der Waals surface area contributed by atoms with Gasteiger partial charge in [-0.15, -0.1) is 10.2 Å². The number of rotatable bonds is 5. The molecule has 230 valence electrons. The molecule has 43 heavy (non-hydrogen) atoms. The number of hydrogen-bond acceptors (Lipinski definition) is 9. The second-order valence-electron chi connectivity index (χ2n) is 14.2. The first-order chi connectivity index (χ1) is 20.9. The van der Waals surface area contributed by atoms with E-state index >= 15 is 0 Å². The number of piperazine rings is 1. The largest absolute Gasteiger partial charge is 0.507 e. The molecular weight excluding hydrogens is 542 g/mol. The number of phenols is 1. The lowest BCUT2D eigenvalue weighted by atomic mass is 9.49. The van der Waals surface area contributed by atoms with Gasteiger partial charge in [0.15, 0.2) is 5.82 Å². The molecule has 0 bridgehead atoms. The first-order valence-electron chi connectivity index (χ1n) is 16.6. The summed E-state index contributed by atoms with van der Waals surface area (Å²) in [6, 6.07) is 11.9. The molecule has 2 saturated carbocycles. The Balaban J connectivity index is 0.811. The first-order valence-corrected chi connectivity index (χ1v) is 16.6. The Morgan fingerprint density at radius 1 is 0.814 bits per heavy atom. The van der Waals surface area contributed by atoms with E-state index in [1.807, 2.05) is 18.2 Å². The minimum absolute atomic E-state index is 0.0752. The average molecular weight is 588 g/mol. The van der Waals surface area contributed by atoms with E-state index in [4.69, 9.17) is 0 Å². The Hall–Kier alpha value is -2.95. The molecule has 10 heteroatoms. The number of carbonyl (C=O) groups is 1. The van der Waals surface area contributed by atoms with Crippen LogP contribution in [0.1, 0.15) is 51.4 Å². The molecule has 4 aliphatic heterocycles. The van der Waals surface area contributed by atoms with E-state index in [-0.39, 0.29) is 11.7 Å². The summed E-state index contributed by atoms with van der Waals surface area (Å²) in [4.78, 5) is 22.0. The molecule has 6 aliphatic rings. The lowest BCUT2D eigenvalue weighted by Crippen LogP contribution is -2.61. The van der Waals surface area contributed by atoms with Crippen LogP contribution in [0.2, 0.25) is 0 Å². The average Bonchev–Trinajstić information content (AvgIpc) is 2.99. The number of aromatic hydroxyl groups is 1. The molecular formula is C33H45N7O3. The van der Waals surface area contributed by atoms with Crippen molar-refractivity contribution in [3.05, 3.63) is 30.3 Å². The van der Waals surface area contributed by atoms with Crippen molar-refractivity contribution in [2.45, 2.75) is 75.5 Å². The van der Waals surface area contributed by atoms with Gasteiger partial charge in [-0.25, -0.2) is 0 Å². The zero-order valence-electron chi connectivity index (χ0n) is 25.1. The predicted molar refractivity (Wildman–Crippen MR) is 165 cm³/mol. The minimum Gasteiger partial charge on any atom is -0.507 e. The molecule has 3 saturated heterocycles. The number of carboxylic acid groups (broad SMARTS) is 1. The third-order valence-corrected chi connectivity index (χ3v) is 11.9. The maximum Gasteiger partial charge on any atom is 0.306 e. The van der Waals surface area contributed by atoms with Gasteiger partial charge in [-0.05, 0) is 101 Å². The normalized spacial score (nSPS) is 32.4. The smallest absolute Gasteiger partial charge is 0.306 e. The predicted octanol–water partition coefficient (Wildman–Crippen LogP) is 3.34. The van der Waals surface area contributed by atoms with Crippen molar-refractivity contribution in [3.8, 4) is 17.0 Å². The SMILES string of the molecule is O=C(O)C1CC2(C1)CC(N1CCC(N3CCC(N4CCN5c6cc(-c7ccccc7O)nnc6NC[C@H]5C4)CC3)CC1)C2. The second-order valence-corrected chi connectivity index (χ2v) is 14.2. The van der Waals surface area contributed by atoms with Crippen molar-refractivity contribution in [3.63, 3.8) is 0 Å². The Morgan fingerprint density at radius 3 is 2.19 bits per heavy atom. The van der Waals surface area contributed by atoms with Gasteiger partial charge in [-0.2, -0.15) is 0 Å². The highest BCUT2D eigenvalue weighted by Crippen LogP contribution is 2.60. The van der Waals surface area contributed by atoms with Gasteiger partial charge in [0, 0.05) is 49.9 Å². The highest BCUT2D eigenvalue weighted by Gasteiger charge is 2.56. The highest BCUT2D eigenvalue weighted by atomic mass is 16.4. The summed E-state index contributed by atoms with van der Waals surface area (Å²) < 4.78 is 0. The van der Waals surface area contributed by atoms with Crippen LogP contribution < -0.4 is 10.2 Å². The van der Waals surface area contributed by atoms with E-state index in [9.17, 15) is 15.0 Å². The van der Waals surface area contributed by atoms with Crippen molar-refractivity contribution >= 4 is 17.5 Å². The number of likely N-dealkylation sites (tertiary alicyclic amines) is 2. The van der Waals surface area contributed by atoms with Gasteiger partial charge in [-0.3, -0.25) is 9.69 Å². The molecule has 1 atom stereocenters. The number of nitrogens with one attached hydrogen (secondary N) is 1. The van der Waals surface area contributed by atoms with Crippen LogP contribution in [-0.4, -0.2) is 118 Å². The van der Waals surface area contributed by atoms with Crippen LogP contribution in [0.4, 0.5) is 11.5 Å². The lowest BCUT2D eigenvalue weighted by molar-refractivity contribution is -0.160. The molecule has 10 nitrogen and oxygen atoms in total. The maximum atomic E-state index is 11.2. The summed E-state index contributed by atoms with van der Waals surface area (Å²) in [5.74, 6) is 0.410. The molecule has 3 N–H and O–H groups in total.